The van der Waals surface area contributed by atoms with Crippen molar-refractivity contribution in [3.05, 3.63) is 12.2 Å². The summed E-state index contributed by atoms with van der Waals surface area (Å²) in [5.74, 6) is 0.770. The molecule has 8 heteroatoms. The van der Waals surface area contributed by atoms with E-state index in [1.54, 1.807) is 6.08 Å². The van der Waals surface area contributed by atoms with Crippen LogP contribution in [0.15, 0.2) is 12.2 Å². The zero-order valence-electron chi connectivity index (χ0n) is 17.3. The summed E-state index contributed by atoms with van der Waals surface area (Å²) in [4.78, 5) is 34.7. The van der Waals surface area contributed by atoms with Gasteiger partial charge >= 0.3 is 17.9 Å². The van der Waals surface area contributed by atoms with Gasteiger partial charge in [0.05, 0.1) is 18.3 Å². The summed E-state index contributed by atoms with van der Waals surface area (Å²) in [5.41, 5.74) is 0. The van der Waals surface area contributed by atoms with E-state index in [-0.39, 0.29) is 12.8 Å². The van der Waals surface area contributed by atoms with E-state index in [0.29, 0.717) is 12.8 Å². The Kier molecular flexibility index (Phi) is 10.4. The summed E-state index contributed by atoms with van der Waals surface area (Å²) in [6.45, 7) is 5.60. The first-order valence-corrected chi connectivity index (χ1v) is 9.64. The molecule has 0 bridgehead atoms. The first-order chi connectivity index (χ1) is 13.7. The van der Waals surface area contributed by atoms with Crippen LogP contribution in [0.4, 0.5) is 0 Å². The fraction of sp³-hybridized carbons (Fsp3) is 0.667. The van der Waals surface area contributed by atoms with Gasteiger partial charge in [-0.15, -0.1) is 6.42 Å². The third kappa shape index (κ3) is 8.67. The second-order valence-corrected chi connectivity index (χ2v) is 6.91. The molecule has 1 heterocycles. The second kappa shape index (κ2) is 12.2. The summed E-state index contributed by atoms with van der Waals surface area (Å²) in [5, 5.41) is 10.7. The molecule has 0 spiro atoms. The Balaban J connectivity index is 3.24. The SMILES string of the molecule is C#CC=CCC1OC(C(CC)OC(C)=O)CC(OC(C)=O)C(OC(C)=O)CC1O. The van der Waals surface area contributed by atoms with Crippen LogP contribution in [0.25, 0.3) is 0 Å². The molecule has 0 saturated carbocycles. The maximum atomic E-state index is 11.6. The van der Waals surface area contributed by atoms with Crippen molar-refractivity contribution in [3.8, 4) is 12.3 Å². The van der Waals surface area contributed by atoms with Crippen LogP contribution in [0.3, 0.4) is 0 Å². The zero-order chi connectivity index (χ0) is 22.0. The molecule has 29 heavy (non-hydrogen) atoms. The number of hydrogen-bond donors (Lipinski definition) is 1. The number of aliphatic hydroxyl groups excluding tert-OH is 1. The number of carbonyl (C=O) groups is 3. The smallest absolute Gasteiger partial charge is 0.303 e. The lowest BCUT2D eigenvalue weighted by Crippen LogP contribution is -2.50. The van der Waals surface area contributed by atoms with Gasteiger partial charge in [0.15, 0.2) is 0 Å². The Morgan fingerprint density at radius 1 is 1.14 bits per heavy atom. The van der Waals surface area contributed by atoms with E-state index in [1.807, 2.05) is 6.92 Å². The molecular formula is C21H30O8. The van der Waals surface area contributed by atoms with E-state index in [9.17, 15) is 19.5 Å². The van der Waals surface area contributed by atoms with Gasteiger partial charge < -0.3 is 24.1 Å². The van der Waals surface area contributed by atoms with Crippen molar-refractivity contribution >= 4 is 17.9 Å². The standard InChI is InChI=1S/C21H30O8/c1-6-8-9-10-18-16(25)11-19(27-14(4)23)21(28-15(5)24)12-20(29-18)17(7-2)26-13(3)22/h1,8-9,16-21,25H,7,10-12H2,2-5H3. The molecule has 0 aromatic rings. The maximum absolute atomic E-state index is 11.6. The Morgan fingerprint density at radius 2 is 1.72 bits per heavy atom. The molecule has 8 nitrogen and oxygen atoms in total. The number of allylic oxidation sites excluding steroid dienone is 1. The minimum absolute atomic E-state index is 0.0170. The highest BCUT2D eigenvalue weighted by Gasteiger charge is 2.41. The van der Waals surface area contributed by atoms with Gasteiger partial charge in [0, 0.05) is 33.6 Å². The van der Waals surface area contributed by atoms with Crippen LogP contribution in [-0.2, 0) is 33.3 Å². The number of carbonyl (C=O) groups excluding carboxylic acids is 3. The maximum Gasteiger partial charge on any atom is 0.303 e. The van der Waals surface area contributed by atoms with Crippen LogP contribution in [0.1, 0.15) is 53.4 Å². The predicted molar refractivity (Wildman–Crippen MR) is 103 cm³/mol. The van der Waals surface area contributed by atoms with Crippen LogP contribution in [0.2, 0.25) is 0 Å². The molecule has 1 saturated heterocycles. The van der Waals surface area contributed by atoms with E-state index in [0.717, 1.165) is 0 Å². The van der Waals surface area contributed by atoms with Crippen LogP contribution in [0, 0.1) is 12.3 Å². The van der Waals surface area contributed by atoms with Crippen molar-refractivity contribution in [2.24, 2.45) is 0 Å². The van der Waals surface area contributed by atoms with Gasteiger partial charge in [0.2, 0.25) is 0 Å². The van der Waals surface area contributed by atoms with Gasteiger partial charge in [0.25, 0.3) is 0 Å². The molecule has 0 radical (unpaired) electrons. The number of aliphatic hydroxyl groups is 1. The van der Waals surface area contributed by atoms with Gasteiger partial charge in [-0.3, -0.25) is 14.4 Å². The third-order valence-electron chi connectivity index (χ3n) is 4.48. The van der Waals surface area contributed by atoms with E-state index in [4.69, 9.17) is 25.4 Å². The van der Waals surface area contributed by atoms with E-state index < -0.39 is 54.5 Å². The van der Waals surface area contributed by atoms with E-state index >= 15 is 0 Å². The summed E-state index contributed by atoms with van der Waals surface area (Å²) < 4.78 is 22.2. The minimum Gasteiger partial charge on any atom is -0.460 e. The van der Waals surface area contributed by atoms with Gasteiger partial charge in [0.1, 0.15) is 18.3 Å². The fourth-order valence-electron chi connectivity index (χ4n) is 3.32. The number of hydrogen-bond acceptors (Lipinski definition) is 8. The lowest BCUT2D eigenvalue weighted by molar-refractivity contribution is -0.197. The van der Waals surface area contributed by atoms with E-state index in [1.165, 1.54) is 26.8 Å². The molecule has 1 fully saturated rings. The molecule has 0 aromatic heterocycles. The molecule has 0 aliphatic carbocycles. The Labute approximate surface area is 171 Å². The summed E-state index contributed by atoms with van der Waals surface area (Å²) in [6.07, 6.45) is 4.55. The highest BCUT2D eigenvalue weighted by atomic mass is 16.6. The average molecular weight is 410 g/mol. The predicted octanol–water partition coefficient (Wildman–Crippen LogP) is 1.68. The average Bonchev–Trinajstić information content (AvgIpc) is 2.61. The number of rotatable bonds is 7. The van der Waals surface area contributed by atoms with Crippen molar-refractivity contribution in [3.63, 3.8) is 0 Å². The van der Waals surface area contributed by atoms with Crippen molar-refractivity contribution in [1.82, 2.24) is 0 Å². The van der Waals surface area contributed by atoms with Crippen molar-refractivity contribution < 1.29 is 38.4 Å². The van der Waals surface area contributed by atoms with Crippen molar-refractivity contribution in [2.45, 2.75) is 90.0 Å². The van der Waals surface area contributed by atoms with Gasteiger partial charge in [-0.25, -0.2) is 0 Å². The molecule has 6 atom stereocenters. The Bertz CT molecular complexity index is 635. The van der Waals surface area contributed by atoms with Crippen LogP contribution in [0.5, 0.6) is 0 Å². The molecule has 0 aromatic carbocycles. The number of terminal acetylenes is 1. The highest BCUT2D eigenvalue weighted by Crippen LogP contribution is 2.29. The molecule has 1 aliphatic heterocycles. The third-order valence-corrected chi connectivity index (χ3v) is 4.48. The number of esters is 3. The molecule has 1 rings (SSSR count). The number of ether oxygens (including phenoxy) is 4. The largest absolute Gasteiger partial charge is 0.460 e. The quantitative estimate of drug-likeness (QED) is 0.384. The summed E-state index contributed by atoms with van der Waals surface area (Å²) >= 11 is 0. The van der Waals surface area contributed by atoms with Crippen molar-refractivity contribution in [1.29, 1.82) is 0 Å². The minimum atomic E-state index is -1.03. The molecule has 0 amide bonds. The summed E-state index contributed by atoms with van der Waals surface area (Å²) in [7, 11) is 0. The second-order valence-electron chi connectivity index (χ2n) is 6.91. The lowest BCUT2D eigenvalue weighted by Gasteiger charge is -2.39. The highest BCUT2D eigenvalue weighted by molar-refractivity contribution is 5.67. The first-order valence-electron chi connectivity index (χ1n) is 9.64. The topological polar surface area (TPSA) is 108 Å². The van der Waals surface area contributed by atoms with E-state index in [2.05, 4.69) is 5.92 Å². The van der Waals surface area contributed by atoms with Crippen LogP contribution >= 0.6 is 0 Å². The normalized spacial score (nSPS) is 28.5. The van der Waals surface area contributed by atoms with Gasteiger partial charge in [-0.2, -0.15) is 0 Å². The van der Waals surface area contributed by atoms with Gasteiger partial charge in [-0.1, -0.05) is 18.9 Å². The van der Waals surface area contributed by atoms with Crippen molar-refractivity contribution in [2.75, 3.05) is 0 Å². The monoisotopic (exact) mass is 410 g/mol. The fourth-order valence-corrected chi connectivity index (χ4v) is 3.32. The molecule has 1 N–H and O–H groups in total. The van der Waals surface area contributed by atoms with Crippen LogP contribution < -0.4 is 0 Å². The summed E-state index contributed by atoms with van der Waals surface area (Å²) in [6, 6.07) is 0. The molecule has 162 valence electrons. The van der Waals surface area contributed by atoms with Gasteiger partial charge in [-0.05, 0) is 18.9 Å². The lowest BCUT2D eigenvalue weighted by atomic mass is 9.92. The Hall–Kier alpha value is -2.37. The molecule has 6 unspecified atom stereocenters. The molecule has 1 aliphatic rings. The Morgan fingerprint density at radius 3 is 2.21 bits per heavy atom. The zero-order valence-corrected chi connectivity index (χ0v) is 17.3. The van der Waals surface area contributed by atoms with Crippen LogP contribution in [-0.4, -0.2) is 59.6 Å². The molecular weight excluding hydrogens is 380 g/mol. The first kappa shape index (κ1) is 24.7.